The molecule has 1 aromatic heterocycles. The molecule has 5 heteroatoms. The van der Waals surface area contributed by atoms with Crippen LogP contribution in [0.15, 0.2) is 60.4 Å². The molecule has 3 rings (SSSR count). The van der Waals surface area contributed by atoms with Crippen LogP contribution in [0.5, 0.6) is 0 Å². The van der Waals surface area contributed by atoms with Crippen LogP contribution in [0.2, 0.25) is 0 Å². The van der Waals surface area contributed by atoms with E-state index in [1.165, 1.54) is 17.7 Å². The van der Waals surface area contributed by atoms with Crippen molar-refractivity contribution in [2.24, 2.45) is 0 Å². The molecule has 1 aromatic carbocycles. The van der Waals surface area contributed by atoms with Gasteiger partial charge in [-0.2, -0.15) is 0 Å². The van der Waals surface area contributed by atoms with Gasteiger partial charge in [0.2, 0.25) is 0 Å². The lowest BCUT2D eigenvalue weighted by molar-refractivity contribution is 0.550. The Morgan fingerprint density at radius 2 is 1.52 bits per heavy atom. The van der Waals surface area contributed by atoms with Gasteiger partial charge in [-0.25, -0.2) is 4.39 Å². The maximum absolute atomic E-state index is 13.1. The molecule has 0 amide bonds. The fraction of sp³-hybridized carbons (Fsp3) is 0.188. The molecule has 1 fully saturated rings. The summed E-state index contributed by atoms with van der Waals surface area (Å²) in [5.74, 6) is -0.234. The van der Waals surface area contributed by atoms with E-state index in [9.17, 15) is 4.39 Å². The molecule has 2 aromatic rings. The van der Waals surface area contributed by atoms with Crippen molar-refractivity contribution in [3.63, 3.8) is 0 Å². The summed E-state index contributed by atoms with van der Waals surface area (Å²) in [5.41, 5.74) is 3.63. The summed E-state index contributed by atoms with van der Waals surface area (Å²) in [5, 5.41) is 6.92. The van der Waals surface area contributed by atoms with E-state index in [4.69, 9.17) is 11.6 Å². The lowest BCUT2D eigenvalue weighted by atomic mass is 9.95. The van der Waals surface area contributed by atoms with Crippen molar-refractivity contribution < 1.29 is 4.39 Å². The summed E-state index contributed by atoms with van der Waals surface area (Å²) in [7, 11) is 0. The summed E-state index contributed by atoms with van der Waals surface area (Å²) >= 11 is 5.67. The van der Waals surface area contributed by atoms with Crippen molar-refractivity contribution in [1.29, 1.82) is 0 Å². The Kier molecular flexibility index (Phi) is 4.29. The first kappa shape index (κ1) is 14.2. The third-order valence-corrected chi connectivity index (χ3v) is 3.76. The van der Waals surface area contributed by atoms with Gasteiger partial charge >= 0.3 is 0 Å². The lowest BCUT2D eigenvalue weighted by Crippen LogP contribution is -2.29. The van der Waals surface area contributed by atoms with Crippen molar-refractivity contribution in [2.45, 2.75) is 18.2 Å². The van der Waals surface area contributed by atoms with E-state index >= 15 is 0 Å². The van der Waals surface area contributed by atoms with E-state index in [1.54, 1.807) is 24.5 Å². The Bertz CT molecular complexity index is 615. The Hall–Kier alpha value is -1.75. The fourth-order valence-electron chi connectivity index (χ4n) is 2.63. The van der Waals surface area contributed by atoms with E-state index < -0.39 is 0 Å². The van der Waals surface area contributed by atoms with Crippen LogP contribution in [0.25, 0.3) is 0 Å². The first-order valence-electron chi connectivity index (χ1n) is 6.72. The molecule has 0 radical (unpaired) electrons. The molecule has 0 saturated carbocycles. The second kappa shape index (κ2) is 6.35. The zero-order valence-electron chi connectivity index (χ0n) is 11.2. The predicted molar refractivity (Wildman–Crippen MR) is 81.2 cm³/mol. The zero-order valence-corrected chi connectivity index (χ0v) is 12.0. The van der Waals surface area contributed by atoms with E-state index in [-0.39, 0.29) is 24.1 Å². The molecule has 3 nitrogen and oxygen atoms in total. The fourth-order valence-corrected chi connectivity index (χ4v) is 2.78. The molecule has 0 aliphatic carbocycles. The Labute approximate surface area is 127 Å². The van der Waals surface area contributed by atoms with Gasteiger partial charge in [-0.1, -0.05) is 23.7 Å². The van der Waals surface area contributed by atoms with E-state index in [0.717, 1.165) is 11.1 Å². The van der Waals surface area contributed by atoms with Gasteiger partial charge in [-0.3, -0.25) is 15.6 Å². The van der Waals surface area contributed by atoms with Gasteiger partial charge in [0.05, 0.1) is 18.2 Å². The lowest BCUT2D eigenvalue weighted by Gasteiger charge is -2.19. The van der Waals surface area contributed by atoms with Gasteiger partial charge in [0.25, 0.3) is 0 Å². The van der Waals surface area contributed by atoms with Gasteiger partial charge in [0.1, 0.15) is 5.82 Å². The van der Waals surface area contributed by atoms with E-state index in [0.29, 0.717) is 0 Å². The van der Waals surface area contributed by atoms with Gasteiger partial charge in [-0.05, 0) is 41.5 Å². The minimum Gasteiger partial charge on any atom is -0.290 e. The van der Waals surface area contributed by atoms with Crippen molar-refractivity contribution in [3.8, 4) is 0 Å². The molecule has 108 valence electrons. The molecule has 2 N–H and O–H groups in total. The van der Waals surface area contributed by atoms with Crippen LogP contribution < -0.4 is 10.6 Å². The van der Waals surface area contributed by atoms with Gasteiger partial charge in [0, 0.05) is 17.9 Å². The van der Waals surface area contributed by atoms with Gasteiger partial charge in [0.15, 0.2) is 0 Å². The number of rotatable bonds is 3. The largest absolute Gasteiger partial charge is 0.290 e. The number of benzene rings is 1. The van der Waals surface area contributed by atoms with Crippen LogP contribution in [0.3, 0.4) is 0 Å². The van der Waals surface area contributed by atoms with Gasteiger partial charge in [-0.15, -0.1) is 0 Å². The third kappa shape index (κ3) is 3.13. The standard InChI is InChI=1S/C16H15ClFN3/c17-8-5-14-20-15(11-1-3-13(18)4-2-11)16(21-14)12-6-9-19-10-7-12/h1-10,14-16,20-21H. The van der Waals surface area contributed by atoms with E-state index in [1.807, 2.05) is 18.2 Å². The van der Waals surface area contributed by atoms with Crippen molar-refractivity contribution in [1.82, 2.24) is 15.6 Å². The molecular formula is C16H15ClFN3. The SMILES string of the molecule is Fc1ccc(C2NC(C=CCl)NC2c2ccncc2)cc1. The summed E-state index contributed by atoms with van der Waals surface area (Å²) < 4.78 is 13.1. The molecule has 21 heavy (non-hydrogen) atoms. The highest BCUT2D eigenvalue weighted by molar-refractivity contribution is 6.25. The Morgan fingerprint density at radius 3 is 2.10 bits per heavy atom. The monoisotopic (exact) mass is 303 g/mol. The van der Waals surface area contributed by atoms with Crippen molar-refractivity contribution >= 4 is 11.6 Å². The highest BCUT2D eigenvalue weighted by Gasteiger charge is 2.33. The maximum Gasteiger partial charge on any atom is 0.123 e. The molecule has 0 spiro atoms. The number of halogens is 2. The Morgan fingerprint density at radius 1 is 0.952 bits per heavy atom. The summed E-state index contributed by atoms with van der Waals surface area (Å²) in [6.45, 7) is 0. The van der Waals surface area contributed by atoms with Crippen LogP contribution in [0.4, 0.5) is 4.39 Å². The van der Waals surface area contributed by atoms with E-state index in [2.05, 4.69) is 15.6 Å². The summed E-state index contributed by atoms with van der Waals surface area (Å²) in [4.78, 5) is 4.05. The predicted octanol–water partition coefficient (Wildman–Crippen LogP) is 3.27. The Balaban J connectivity index is 1.93. The number of aromatic nitrogens is 1. The zero-order chi connectivity index (χ0) is 14.7. The quantitative estimate of drug-likeness (QED) is 0.914. The summed E-state index contributed by atoms with van der Waals surface area (Å²) in [6, 6.07) is 10.6. The first-order chi connectivity index (χ1) is 10.3. The second-order valence-electron chi connectivity index (χ2n) is 4.92. The molecule has 0 bridgehead atoms. The van der Waals surface area contributed by atoms with Crippen molar-refractivity contribution in [2.75, 3.05) is 0 Å². The van der Waals surface area contributed by atoms with Crippen LogP contribution in [-0.4, -0.2) is 11.1 Å². The highest BCUT2D eigenvalue weighted by Crippen LogP contribution is 2.33. The summed E-state index contributed by atoms with van der Waals surface area (Å²) in [6.07, 6.45) is 5.35. The minimum absolute atomic E-state index is 0.0317. The van der Waals surface area contributed by atoms with Crippen molar-refractivity contribution in [3.05, 3.63) is 77.3 Å². The third-order valence-electron chi connectivity index (χ3n) is 3.61. The second-order valence-corrected chi connectivity index (χ2v) is 5.17. The smallest absolute Gasteiger partial charge is 0.123 e. The molecule has 2 heterocycles. The van der Waals surface area contributed by atoms with Crippen LogP contribution in [0, 0.1) is 5.82 Å². The van der Waals surface area contributed by atoms with Gasteiger partial charge < -0.3 is 0 Å². The molecule has 3 unspecified atom stereocenters. The topological polar surface area (TPSA) is 37.0 Å². The normalized spacial score (nSPS) is 25.5. The average molecular weight is 304 g/mol. The number of hydrogen-bond donors (Lipinski definition) is 2. The van der Waals surface area contributed by atoms with Crippen LogP contribution in [0.1, 0.15) is 23.2 Å². The molecular weight excluding hydrogens is 289 g/mol. The minimum atomic E-state index is -0.234. The van der Waals surface area contributed by atoms with Crippen LogP contribution >= 0.6 is 11.6 Å². The number of pyridine rings is 1. The number of nitrogens with zero attached hydrogens (tertiary/aromatic N) is 1. The highest BCUT2D eigenvalue weighted by atomic mass is 35.5. The number of hydrogen-bond acceptors (Lipinski definition) is 3. The molecule has 1 aliphatic rings. The average Bonchev–Trinajstić information content (AvgIpc) is 2.93. The first-order valence-corrected chi connectivity index (χ1v) is 7.16. The molecule has 3 atom stereocenters. The number of nitrogens with one attached hydrogen (secondary N) is 2. The van der Waals surface area contributed by atoms with Crippen LogP contribution in [-0.2, 0) is 0 Å². The molecule has 1 aliphatic heterocycles. The molecule has 1 saturated heterocycles. The maximum atomic E-state index is 13.1.